The molecule has 0 aliphatic rings. The Kier molecular flexibility index (Phi) is 12.4. The van der Waals surface area contributed by atoms with Crippen LogP contribution in [0.15, 0.2) is 41.4 Å². The quantitative estimate of drug-likeness (QED) is 0.130. The number of rotatable bonds is 14. The SMILES string of the molecule is C[C@@H](O)C(CO)OC(Sc1ccc(Cl)c(Cl)c1)[C@H](Cn1cc(-c2cc(F)c(Cl)c(F)c2)nn1)OCC(=O)NS(C)(=O)=O. The van der Waals surface area contributed by atoms with Crippen LogP contribution in [-0.4, -0.2) is 82.7 Å². The second-order valence-electron chi connectivity index (χ2n) is 8.89. The Morgan fingerprint density at radius 1 is 1.14 bits per heavy atom. The summed E-state index contributed by atoms with van der Waals surface area (Å²) in [6.07, 6.45) is -1.23. The van der Waals surface area contributed by atoms with E-state index in [0.717, 1.165) is 30.2 Å². The molecule has 0 bridgehead atoms. The molecule has 0 spiro atoms. The van der Waals surface area contributed by atoms with E-state index in [1.807, 2.05) is 0 Å². The van der Waals surface area contributed by atoms with Gasteiger partial charge in [0.25, 0.3) is 5.91 Å². The van der Waals surface area contributed by atoms with Crippen molar-refractivity contribution in [1.29, 1.82) is 0 Å². The smallest absolute Gasteiger partial charge is 0.259 e. The first-order valence-corrected chi connectivity index (χ1v) is 15.8. The van der Waals surface area contributed by atoms with E-state index >= 15 is 0 Å². The zero-order chi connectivity index (χ0) is 31.2. The van der Waals surface area contributed by atoms with Crippen LogP contribution in [0.1, 0.15) is 6.92 Å². The molecule has 1 aromatic heterocycles. The van der Waals surface area contributed by atoms with Crippen LogP contribution in [-0.2, 0) is 30.8 Å². The number of halogens is 5. The molecule has 0 radical (unpaired) electrons. The third-order valence-corrected chi connectivity index (χ3v) is 8.26. The molecule has 4 atom stereocenters. The van der Waals surface area contributed by atoms with Crippen LogP contribution in [0.25, 0.3) is 11.3 Å². The molecule has 0 saturated heterocycles. The van der Waals surface area contributed by atoms with Gasteiger partial charge in [-0.1, -0.05) is 51.8 Å². The van der Waals surface area contributed by atoms with Crippen LogP contribution in [0, 0.1) is 11.6 Å². The van der Waals surface area contributed by atoms with E-state index in [0.29, 0.717) is 4.90 Å². The van der Waals surface area contributed by atoms with Gasteiger partial charge in [-0.15, -0.1) is 5.10 Å². The van der Waals surface area contributed by atoms with E-state index in [2.05, 4.69) is 10.3 Å². The van der Waals surface area contributed by atoms with Crippen molar-refractivity contribution in [2.75, 3.05) is 19.5 Å². The Morgan fingerprint density at radius 3 is 2.38 bits per heavy atom. The van der Waals surface area contributed by atoms with Crippen molar-refractivity contribution in [3.8, 4) is 11.3 Å². The fourth-order valence-corrected chi connectivity index (χ4v) is 5.46. The van der Waals surface area contributed by atoms with Crippen LogP contribution in [0.4, 0.5) is 8.78 Å². The Balaban J connectivity index is 1.97. The molecule has 2 aromatic carbocycles. The van der Waals surface area contributed by atoms with Crippen molar-refractivity contribution < 1.29 is 41.7 Å². The summed E-state index contributed by atoms with van der Waals surface area (Å²) in [5.41, 5.74) is -0.971. The molecular weight excluding hydrogens is 665 g/mol. The monoisotopic (exact) mass is 688 g/mol. The molecule has 0 aliphatic carbocycles. The van der Waals surface area contributed by atoms with Crippen LogP contribution in [0.5, 0.6) is 0 Å². The number of sulfonamides is 1. The Morgan fingerprint density at radius 2 is 1.81 bits per heavy atom. The van der Waals surface area contributed by atoms with Gasteiger partial charge in [0.15, 0.2) is 0 Å². The number of nitrogens with one attached hydrogen (secondary N) is 1. The van der Waals surface area contributed by atoms with Crippen molar-refractivity contribution in [1.82, 2.24) is 19.7 Å². The Hall–Kier alpha value is -2.08. The molecule has 0 aliphatic heterocycles. The van der Waals surface area contributed by atoms with E-state index < -0.39 is 69.5 Å². The molecule has 18 heteroatoms. The third-order valence-electron chi connectivity index (χ3n) is 5.39. The number of aliphatic hydroxyl groups is 2. The first-order valence-electron chi connectivity index (χ1n) is 11.9. The molecule has 1 heterocycles. The minimum Gasteiger partial charge on any atom is -0.394 e. The number of aliphatic hydroxyl groups excluding tert-OH is 2. The molecule has 42 heavy (non-hydrogen) atoms. The minimum absolute atomic E-state index is 0.0399. The maximum Gasteiger partial charge on any atom is 0.259 e. The largest absolute Gasteiger partial charge is 0.394 e. The lowest BCUT2D eigenvalue weighted by atomic mass is 10.1. The van der Waals surface area contributed by atoms with Gasteiger partial charge in [0.1, 0.15) is 46.6 Å². The van der Waals surface area contributed by atoms with Gasteiger partial charge in [0.2, 0.25) is 10.0 Å². The number of aromatic nitrogens is 3. The normalized spacial score (nSPS) is 14.8. The summed E-state index contributed by atoms with van der Waals surface area (Å²) in [5, 5.41) is 27.6. The van der Waals surface area contributed by atoms with Crippen LogP contribution < -0.4 is 4.72 Å². The second-order valence-corrected chi connectivity index (χ2v) is 13.0. The molecule has 3 aromatic rings. The first kappa shape index (κ1) is 34.4. The highest BCUT2D eigenvalue weighted by Crippen LogP contribution is 2.34. The van der Waals surface area contributed by atoms with Crippen LogP contribution in [0.2, 0.25) is 15.1 Å². The van der Waals surface area contributed by atoms with Crippen LogP contribution in [0.3, 0.4) is 0 Å². The molecule has 0 fully saturated rings. The Bertz CT molecular complexity index is 1490. The topological polar surface area (TPSA) is 153 Å². The van der Waals surface area contributed by atoms with E-state index in [9.17, 15) is 32.2 Å². The van der Waals surface area contributed by atoms with E-state index in [1.165, 1.54) is 29.9 Å². The van der Waals surface area contributed by atoms with Crippen molar-refractivity contribution >= 4 is 62.5 Å². The maximum absolute atomic E-state index is 14.0. The average molecular weight is 690 g/mol. The van der Waals surface area contributed by atoms with E-state index in [-0.39, 0.29) is 27.8 Å². The van der Waals surface area contributed by atoms with Crippen molar-refractivity contribution in [3.63, 3.8) is 0 Å². The number of benzene rings is 2. The number of hydrogen-bond donors (Lipinski definition) is 3. The number of carbonyl (C=O) groups is 1. The predicted molar refractivity (Wildman–Crippen MR) is 153 cm³/mol. The summed E-state index contributed by atoms with van der Waals surface area (Å²) in [4.78, 5) is 12.8. The zero-order valence-electron chi connectivity index (χ0n) is 21.9. The van der Waals surface area contributed by atoms with E-state index in [1.54, 1.807) is 10.8 Å². The summed E-state index contributed by atoms with van der Waals surface area (Å²) in [5.74, 6) is -2.99. The number of ether oxygens (including phenoxy) is 2. The van der Waals surface area contributed by atoms with Crippen LogP contribution >= 0.6 is 46.6 Å². The highest BCUT2D eigenvalue weighted by molar-refractivity contribution is 7.99. The number of amides is 1. The lowest BCUT2D eigenvalue weighted by Gasteiger charge is -2.31. The van der Waals surface area contributed by atoms with Gasteiger partial charge < -0.3 is 19.7 Å². The van der Waals surface area contributed by atoms with Gasteiger partial charge in [0, 0.05) is 10.5 Å². The molecule has 3 N–H and O–H groups in total. The Labute approximate surface area is 259 Å². The fraction of sp³-hybridized carbons (Fsp3) is 0.375. The molecular formula is C24H25Cl3F2N4O7S2. The predicted octanol–water partition coefficient (Wildman–Crippen LogP) is 3.52. The van der Waals surface area contributed by atoms with Gasteiger partial charge in [0.05, 0.1) is 41.8 Å². The average Bonchev–Trinajstić information content (AvgIpc) is 3.36. The summed E-state index contributed by atoms with van der Waals surface area (Å²) < 4.78 is 65.8. The van der Waals surface area contributed by atoms with Gasteiger partial charge in [-0.2, -0.15) is 0 Å². The highest BCUT2D eigenvalue weighted by Gasteiger charge is 2.31. The lowest BCUT2D eigenvalue weighted by Crippen LogP contribution is -2.42. The standard InChI is InChI=1S/C24H25Cl3F2N4O7S2/c1-12(35)21(10-34)40-24(41-14-3-4-15(25)16(26)7-14)20(39-11-22(36)31-42(2,37)38)9-33-8-19(30-32-33)13-5-17(28)23(27)18(29)6-13/h3-8,12,20-21,24,34-35H,9-11H2,1-2H3,(H,31,36)/t12-,20+,21?,24?/m1/s1. The summed E-state index contributed by atoms with van der Waals surface area (Å²) >= 11 is 18.8. The summed E-state index contributed by atoms with van der Waals surface area (Å²) in [6, 6.07) is 6.64. The fourth-order valence-electron chi connectivity index (χ4n) is 3.40. The van der Waals surface area contributed by atoms with E-state index in [4.69, 9.17) is 44.3 Å². The number of carbonyl (C=O) groups excluding carboxylic acids is 1. The first-order chi connectivity index (χ1) is 19.7. The molecule has 3 rings (SSSR count). The molecule has 1 amide bonds. The number of nitrogens with zero attached hydrogens (tertiary/aromatic N) is 3. The zero-order valence-corrected chi connectivity index (χ0v) is 25.8. The third kappa shape index (κ3) is 9.99. The lowest BCUT2D eigenvalue weighted by molar-refractivity contribution is -0.135. The molecule has 230 valence electrons. The molecule has 2 unspecified atom stereocenters. The van der Waals surface area contributed by atoms with Gasteiger partial charge >= 0.3 is 0 Å². The number of thioether (sulfide) groups is 1. The van der Waals surface area contributed by atoms with Crippen molar-refractivity contribution in [3.05, 3.63) is 63.2 Å². The van der Waals surface area contributed by atoms with Gasteiger partial charge in [-0.3, -0.25) is 9.52 Å². The van der Waals surface area contributed by atoms with Crippen molar-refractivity contribution in [2.45, 2.75) is 42.1 Å². The molecule has 0 saturated carbocycles. The van der Waals surface area contributed by atoms with Gasteiger partial charge in [-0.05, 0) is 37.3 Å². The summed E-state index contributed by atoms with van der Waals surface area (Å²) in [6.45, 7) is -0.133. The van der Waals surface area contributed by atoms with Gasteiger partial charge in [-0.25, -0.2) is 21.9 Å². The number of hydrogen-bond acceptors (Lipinski definition) is 10. The van der Waals surface area contributed by atoms with Crippen molar-refractivity contribution in [2.24, 2.45) is 0 Å². The second kappa shape index (κ2) is 15.1. The maximum atomic E-state index is 14.0. The minimum atomic E-state index is -3.89. The summed E-state index contributed by atoms with van der Waals surface area (Å²) in [7, 11) is -3.89. The molecule has 11 nitrogen and oxygen atoms in total. The highest BCUT2D eigenvalue weighted by atomic mass is 35.5.